The lowest BCUT2D eigenvalue weighted by Crippen LogP contribution is -2.63. The average Bonchev–Trinajstić information content (AvgIpc) is 2.44. The first-order chi connectivity index (χ1) is 10.0. The van der Waals surface area contributed by atoms with Gasteiger partial charge in [-0.3, -0.25) is 9.59 Å². The van der Waals surface area contributed by atoms with Gasteiger partial charge in [0.15, 0.2) is 0 Å². The third-order valence-electron chi connectivity index (χ3n) is 3.80. The topological polar surface area (TPSA) is 58.6 Å². The average molecular weight is 298 g/mol. The van der Waals surface area contributed by atoms with Crippen LogP contribution in [0.2, 0.25) is 0 Å². The van der Waals surface area contributed by atoms with Crippen molar-refractivity contribution in [2.24, 2.45) is 5.92 Å². The molecule has 1 saturated heterocycles. The summed E-state index contributed by atoms with van der Waals surface area (Å²) in [6.07, 6.45) is 3.45. The molecule has 0 radical (unpaired) electrons. The van der Waals surface area contributed by atoms with Gasteiger partial charge in [0.05, 0.1) is 6.61 Å². The summed E-state index contributed by atoms with van der Waals surface area (Å²) in [5.74, 6) is 0.376. The van der Waals surface area contributed by atoms with Crippen molar-refractivity contribution in [3.63, 3.8) is 0 Å². The Morgan fingerprint density at radius 3 is 2.52 bits per heavy atom. The molecule has 5 nitrogen and oxygen atoms in total. The fraction of sp³-hybridized carbons (Fsp3) is 0.875. The lowest BCUT2D eigenvalue weighted by atomic mass is 9.97. The molecule has 0 spiro atoms. The molecule has 21 heavy (non-hydrogen) atoms. The van der Waals surface area contributed by atoms with Gasteiger partial charge in [-0.25, -0.2) is 0 Å². The Kier molecular flexibility index (Phi) is 7.72. The molecule has 0 aromatic heterocycles. The largest absolute Gasteiger partial charge is 0.380 e. The maximum atomic E-state index is 12.5. The van der Waals surface area contributed by atoms with Crippen molar-refractivity contribution in [2.75, 3.05) is 19.8 Å². The lowest BCUT2D eigenvalue weighted by molar-refractivity contribution is -0.150. The van der Waals surface area contributed by atoms with Crippen LogP contribution in [0.25, 0.3) is 0 Å². The number of unbranched alkanes of at least 4 members (excludes halogenated alkanes) is 1. The van der Waals surface area contributed by atoms with E-state index < -0.39 is 0 Å². The van der Waals surface area contributed by atoms with Crippen molar-refractivity contribution >= 4 is 11.8 Å². The summed E-state index contributed by atoms with van der Waals surface area (Å²) >= 11 is 0. The Morgan fingerprint density at radius 2 is 1.95 bits per heavy atom. The SMILES string of the molecule is CCCCOCCN1C(=O)C(CC)NC(=O)C1CC(C)C. The van der Waals surface area contributed by atoms with Gasteiger partial charge in [-0.05, 0) is 25.2 Å². The van der Waals surface area contributed by atoms with Gasteiger partial charge in [-0.15, -0.1) is 0 Å². The second-order valence-corrected chi connectivity index (χ2v) is 6.11. The Labute approximate surface area is 128 Å². The number of amides is 2. The molecular weight excluding hydrogens is 268 g/mol. The quantitative estimate of drug-likeness (QED) is 0.662. The zero-order valence-electron chi connectivity index (χ0n) is 13.9. The number of nitrogens with one attached hydrogen (secondary N) is 1. The van der Waals surface area contributed by atoms with Crippen LogP contribution in [0.4, 0.5) is 0 Å². The van der Waals surface area contributed by atoms with Crippen LogP contribution in [0.3, 0.4) is 0 Å². The number of rotatable bonds is 9. The number of carbonyl (C=O) groups is 2. The summed E-state index contributed by atoms with van der Waals surface area (Å²) in [5.41, 5.74) is 0. The summed E-state index contributed by atoms with van der Waals surface area (Å²) in [6, 6.07) is -0.730. The van der Waals surface area contributed by atoms with Crippen molar-refractivity contribution in [2.45, 2.75) is 65.5 Å². The molecule has 0 bridgehead atoms. The lowest BCUT2D eigenvalue weighted by Gasteiger charge is -2.39. The van der Waals surface area contributed by atoms with E-state index in [4.69, 9.17) is 4.74 Å². The van der Waals surface area contributed by atoms with E-state index in [0.29, 0.717) is 31.9 Å². The molecule has 0 aromatic rings. The van der Waals surface area contributed by atoms with Crippen LogP contribution in [0.1, 0.15) is 53.4 Å². The molecule has 2 atom stereocenters. The highest BCUT2D eigenvalue weighted by Crippen LogP contribution is 2.18. The highest BCUT2D eigenvalue weighted by molar-refractivity contribution is 5.96. The highest BCUT2D eigenvalue weighted by Gasteiger charge is 2.39. The van der Waals surface area contributed by atoms with Crippen molar-refractivity contribution in [1.29, 1.82) is 0 Å². The number of carbonyl (C=O) groups excluding carboxylic acids is 2. The van der Waals surface area contributed by atoms with E-state index in [0.717, 1.165) is 19.4 Å². The third-order valence-corrected chi connectivity index (χ3v) is 3.80. The van der Waals surface area contributed by atoms with Crippen LogP contribution < -0.4 is 5.32 Å². The van der Waals surface area contributed by atoms with E-state index >= 15 is 0 Å². The minimum absolute atomic E-state index is 0.0243. The van der Waals surface area contributed by atoms with Crippen molar-refractivity contribution < 1.29 is 14.3 Å². The van der Waals surface area contributed by atoms with Crippen molar-refractivity contribution in [3.8, 4) is 0 Å². The number of piperazine rings is 1. The van der Waals surface area contributed by atoms with Crippen LogP contribution in [0.5, 0.6) is 0 Å². The Bertz CT molecular complexity index is 344. The van der Waals surface area contributed by atoms with Crippen molar-refractivity contribution in [1.82, 2.24) is 10.2 Å². The number of ether oxygens (including phenoxy) is 1. The fourth-order valence-electron chi connectivity index (χ4n) is 2.56. The van der Waals surface area contributed by atoms with Crippen LogP contribution >= 0.6 is 0 Å². The summed E-state index contributed by atoms with van der Waals surface area (Å²) < 4.78 is 5.56. The minimum Gasteiger partial charge on any atom is -0.380 e. The normalized spacial score (nSPS) is 22.8. The molecule has 0 aliphatic carbocycles. The second kappa shape index (κ2) is 9.03. The molecule has 0 aromatic carbocycles. The highest BCUT2D eigenvalue weighted by atomic mass is 16.5. The predicted octanol–water partition coefficient (Wildman–Crippen LogP) is 1.95. The summed E-state index contributed by atoms with van der Waals surface area (Å²) in [7, 11) is 0. The predicted molar refractivity (Wildman–Crippen MR) is 82.9 cm³/mol. The van der Waals surface area contributed by atoms with Crippen LogP contribution in [0, 0.1) is 5.92 Å². The van der Waals surface area contributed by atoms with Gasteiger partial charge in [-0.1, -0.05) is 34.1 Å². The third kappa shape index (κ3) is 5.30. The van der Waals surface area contributed by atoms with E-state index in [1.54, 1.807) is 4.90 Å². The molecule has 5 heteroatoms. The number of nitrogens with zero attached hydrogens (tertiary/aromatic N) is 1. The van der Waals surface area contributed by atoms with Gasteiger partial charge in [0.25, 0.3) is 0 Å². The van der Waals surface area contributed by atoms with Crippen molar-refractivity contribution in [3.05, 3.63) is 0 Å². The smallest absolute Gasteiger partial charge is 0.245 e. The molecule has 1 heterocycles. The molecule has 2 amide bonds. The maximum absolute atomic E-state index is 12.5. The summed E-state index contributed by atoms with van der Waals surface area (Å²) in [6.45, 7) is 9.90. The zero-order chi connectivity index (χ0) is 15.8. The minimum atomic E-state index is -0.378. The first-order valence-electron chi connectivity index (χ1n) is 8.19. The van der Waals surface area contributed by atoms with Crippen LogP contribution in [-0.2, 0) is 14.3 Å². The van der Waals surface area contributed by atoms with E-state index in [-0.39, 0.29) is 23.9 Å². The van der Waals surface area contributed by atoms with E-state index in [2.05, 4.69) is 26.1 Å². The summed E-state index contributed by atoms with van der Waals surface area (Å²) in [5, 5.41) is 2.84. The van der Waals surface area contributed by atoms with E-state index in [1.807, 2.05) is 6.92 Å². The first kappa shape index (κ1) is 18.0. The molecule has 1 N–H and O–H groups in total. The van der Waals surface area contributed by atoms with Gasteiger partial charge >= 0.3 is 0 Å². The molecule has 1 fully saturated rings. The standard InChI is InChI=1S/C16H30N2O3/c1-5-7-9-21-10-8-18-14(11-12(3)4)15(19)17-13(6-2)16(18)20/h12-14H,5-11H2,1-4H3,(H,17,19). The van der Waals surface area contributed by atoms with Crippen LogP contribution in [0.15, 0.2) is 0 Å². The zero-order valence-corrected chi connectivity index (χ0v) is 13.9. The van der Waals surface area contributed by atoms with Gasteiger partial charge in [0.2, 0.25) is 11.8 Å². The monoisotopic (exact) mass is 298 g/mol. The van der Waals surface area contributed by atoms with Gasteiger partial charge in [-0.2, -0.15) is 0 Å². The molecule has 1 rings (SSSR count). The Balaban J connectivity index is 2.64. The molecular formula is C16H30N2O3. The number of hydrogen-bond donors (Lipinski definition) is 1. The molecule has 1 aliphatic rings. The molecule has 122 valence electrons. The molecule has 2 unspecified atom stereocenters. The van der Waals surface area contributed by atoms with E-state index in [9.17, 15) is 9.59 Å². The Hall–Kier alpha value is -1.10. The molecule has 1 aliphatic heterocycles. The maximum Gasteiger partial charge on any atom is 0.245 e. The summed E-state index contributed by atoms with van der Waals surface area (Å²) in [4.78, 5) is 26.4. The fourth-order valence-corrected chi connectivity index (χ4v) is 2.56. The van der Waals surface area contributed by atoms with E-state index in [1.165, 1.54) is 0 Å². The second-order valence-electron chi connectivity index (χ2n) is 6.11. The van der Waals surface area contributed by atoms with Gasteiger partial charge < -0.3 is 15.0 Å². The Morgan fingerprint density at radius 1 is 1.24 bits per heavy atom. The van der Waals surface area contributed by atoms with Gasteiger partial charge in [0.1, 0.15) is 12.1 Å². The van der Waals surface area contributed by atoms with Crippen LogP contribution in [-0.4, -0.2) is 48.6 Å². The first-order valence-corrected chi connectivity index (χ1v) is 8.19. The van der Waals surface area contributed by atoms with Gasteiger partial charge in [0, 0.05) is 13.2 Å². The molecule has 0 saturated carbocycles. The number of hydrogen-bond acceptors (Lipinski definition) is 3.